The van der Waals surface area contributed by atoms with E-state index in [1.807, 2.05) is 0 Å². The summed E-state index contributed by atoms with van der Waals surface area (Å²) in [6.07, 6.45) is 0. The second-order valence-corrected chi connectivity index (χ2v) is 4.31. The van der Waals surface area contributed by atoms with E-state index in [1.165, 1.54) is 0 Å². The van der Waals surface area contributed by atoms with Crippen LogP contribution in [-0.4, -0.2) is 13.0 Å². The zero-order valence-electron chi connectivity index (χ0n) is 7.39. The Morgan fingerprint density at radius 1 is 1.29 bits per heavy atom. The van der Waals surface area contributed by atoms with Gasteiger partial charge in [0.1, 0.15) is 5.58 Å². The highest BCUT2D eigenvalue weighted by Crippen LogP contribution is 2.27. The highest BCUT2D eigenvalue weighted by atomic mass is 32.2. The summed E-state index contributed by atoms with van der Waals surface area (Å²) in [6.45, 7) is 1.59. The number of hydrogen-bond donors (Lipinski definition) is 1. The van der Waals surface area contributed by atoms with Crippen molar-refractivity contribution in [1.29, 1.82) is 0 Å². The van der Waals surface area contributed by atoms with E-state index >= 15 is 0 Å². The predicted octanol–water partition coefficient (Wildman–Crippen LogP) is 1.99. The predicted molar refractivity (Wildman–Crippen MR) is 50.8 cm³/mol. The molecule has 2 aromatic rings. The van der Waals surface area contributed by atoms with Gasteiger partial charge in [-0.2, -0.15) is 8.42 Å². The summed E-state index contributed by atoms with van der Waals surface area (Å²) in [5.74, 6) is 0. The van der Waals surface area contributed by atoms with E-state index in [4.69, 9.17) is 8.97 Å². The quantitative estimate of drug-likeness (QED) is 0.734. The maximum atomic E-state index is 10.9. The number of para-hydroxylation sites is 1. The molecule has 0 unspecified atom stereocenters. The lowest BCUT2D eigenvalue weighted by Crippen LogP contribution is -1.97. The van der Waals surface area contributed by atoms with Crippen LogP contribution in [0.25, 0.3) is 11.0 Å². The molecule has 0 saturated heterocycles. The summed E-state index contributed by atoms with van der Waals surface area (Å²) in [4.78, 5) is 0. The number of aryl methyl sites for hydroxylation is 1. The van der Waals surface area contributed by atoms with Crippen molar-refractivity contribution < 1.29 is 17.4 Å². The largest absolute Gasteiger partial charge is 0.442 e. The van der Waals surface area contributed by atoms with Crippen molar-refractivity contribution in [1.82, 2.24) is 0 Å². The van der Waals surface area contributed by atoms with Crippen LogP contribution in [0.4, 0.5) is 0 Å². The molecule has 0 aliphatic carbocycles. The van der Waals surface area contributed by atoms with Crippen molar-refractivity contribution in [2.75, 3.05) is 0 Å². The highest BCUT2D eigenvalue weighted by molar-refractivity contribution is 7.85. The van der Waals surface area contributed by atoms with Crippen LogP contribution in [0.15, 0.2) is 33.8 Å². The second-order valence-electron chi connectivity index (χ2n) is 2.99. The van der Waals surface area contributed by atoms with Crippen molar-refractivity contribution in [3.8, 4) is 0 Å². The summed E-state index contributed by atoms with van der Waals surface area (Å²) in [5.41, 5.74) is 0.890. The summed E-state index contributed by atoms with van der Waals surface area (Å²) in [6, 6.07) is 6.90. The van der Waals surface area contributed by atoms with E-state index in [2.05, 4.69) is 0 Å². The van der Waals surface area contributed by atoms with Crippen LogP contribution in [0.2, 0.25) is 0 Å². The second kappa shape index (κ2) is 2.83. The SMILES string of the molecule is Cc1c(S(=O)(=O)O)oc2ccccc12. The van der Waals surface area contributed by atoms with E-state index in [1.54, 1.807) is 31.2 Å². The van der Waals surface area contributed by atoms with Gasteiger partial charge in [0.2, 0.25) is 5.09 Å². The van der Waals surface area contributed by atoms with Gasteiger partial charge in [0.05, 0.1) is 0 Å². The van der Waals surface area contributed by atoms with Gasteiger partial charge < -0.3 is 4.42 Å². The molecule has 5 heteroatoms. The number of furan rings is 1. The number of rotatable bonds is 1. The van der Waals surface area contributed by atoms with Crippen molar-refractivity contribution in [2.45, 2.75) is 12.0 Å². The minimum atomic E-state index is -4.26. The molecule has 0 aliphatic heterocycles. The van der Waals surface area contributed by atoms with Crippen molar-refractivity contribution in [3.05, 3.63) is 29.8 Å². The van der Waals surface area contributed by atoms with Crippen molar-refractivity contribution in [2.24, 2.45) is 0 Å². The standard InChI is InChI=1S/C9H8O4S/c1-6-7-4-2-3-5-8(7)13-9(6)14(10,11)12/h2-5H,1H3,(H,10,11,12). The van der Waals surface area contributed by atoms with Crippen LogP contribution >= 0.6 is 0 Å². The molecule has 0 atom stereocenters. The molecule has 0 aliphatic rings. The molecule has 14 heavy (non-hydrogen) atoms. The molecular formula is C9H8O4S. The fraction of sp³-hybridized carbons (Fsp3) is 0.111. The van der Waals surface area contributed by atoms with Gasteiger partial charge in [-0.3, -0.25) is 4.55 Å². The highest BCUT2D eigenvalue weighted by Gasteiger charge is 2.20. The van der Waals surface area contributed by atoms with Crippen LogP contribution in [0.5, 0.6) is 0 Å². The van der Waals surface area contributed by atoms with E-state index in [9.17, 15) is 8.42 Å². The molecule has 1 heterocycles. The molecule has 0 amide bonds. The number of fused-ring (bicyclic) bond motifs is 1. The van der Waals surface area contributed by atoms with E-state index in [0.717, 1.165) is 0 Å². The minimum absolute atomic E-state index is 0.376. The fourth-order valence-electron chi connectivity index (χ4n) is 1.40. The lowest BCUT2D eigenvalue weighted by atomic mass is 10.2. The lowest BCUT2D eigenvalue weighted by molar-refractivity contribution is 0.421. The maximum absolute atomic E-state index is 10.9. The Balaban J connectivity index is 2.89. The zero-order chi connectivity index (χ0) is 10.3. The lowest BCUT2D eigenvalue weighted by Gasteiger charge is -1.90. The van der Waals surface area contributed by atoms with Crippen LogP contribution in [0.1, 0.15) is 5.56 Å². The van der Waals surface area contributed by atoms with Crippen LogP contribution in [-0.2, 0) is 10.1 Å². The Labute approximate surface area is 80.9 Å². The summed E-state index contributed by atoms with van der Waals surface area (Å²) in [7, 11) is -4.26. The average molecular weight is 212 g/mol. The Kier molecular flexibility index (Phi) is 1.87. The molecular weight excluding hydrogens is 204 g/mol. The number of hydrogen-bond acceptors (Lipinski definition) is 3. The Hall–Kier alpha value is -1.33. The molecule has 4 nitrogen and oxygen atoms in total. The average Bonchev–Trinajstić information content (AvgIpc) is 2.44. The molecule has 0 spiro atoms. The molecule has 2 rings (SSSR count). The van der Waals surface area contributed by atoms with E-state index in [0.29, 0.717) is 16.5 Å². The Morgan fingerprint density at radius 2 is 1.93 bits per heavy atom. The third-order valence-electron chi connectivity index (χ3n) is 2.03. The minimum Gasteiger partial charge on any atom is -0.442 e. The van der Waals surface area contributed by atoms with Crippen LogP contribution in [0.3, 0.4) is 0 Å². The Bertz CT molecular complexity index is 580. The first-order chi connectivity index (χ1) is 6.50. The zero-order valence-corrected chi connectivity index (χ0v) is 8.21. The normalized spacial score (nSPS) is 12.1. The topological polar surface area (TPSA) is 67.5 Å². The first kappa shape index (κ1) is 9.23. The van der Waals surface area contributed by atoms with Gasteiger partial charge >= 0.3 is 10.1 Å². The molecule has 0 bridgehead atoms. The van der Waals surface area contributed by atoms with Gasteiger partial charge in [0, 0.05) is 10.9 Å². The van der Waals surface area contributed by atoms with Gasteiger partial charge in [-0.25, -0.2) is 0 Å². The summed E-state index contributed by atoms with van der Waals surface area (Å²) >= 11 is 0. The summed E-state index contributed by atoms with van der Waals surface area (Å²) < 4.78 is 35.6. The van der Waals surface area contributed by atoms with E-state index < -0.39 is 10.1 Å². The fourth-order valence-corrected chi connectivity index (χ4v) is 2.09. The third-order valence-corrected chi connectivity index (χ3v) is 2.89. The molecule has 1 N–H and O–H groups in total. The van der Waals surface area contributed by atoms with Gasteiger partial charge in [-0.05, 0) is 13.0 Å². The molecule has 0 fully saturated rings. The molecule has 74 valence electrons. The third kappa shape index (κ3) is 1.30. The molecule has 0 radical (unpaired) electrons. The van der Waals surface area contributed by atoms with Gasteiger partial charge in [-0.1, -0.05) is 18.2 Å². The molecule has 1 aromatic carbocycles. The smallest absolute Gasteiger partial charge is 0.328 e. The molecule has 0 saturated carbocycles. The van der Waals surface area contributed by atoms with Crippen LogP contribution < -0.4 is 0 Å². The molecule has 1 aromatic heterocycles. The van der Waals surface area contributed by atoms with Gasteiger partial charge in [0.25, 0.3) is 0 Å². The monoisotopic (exact) mass is 212 g/mol. The summed E-state index contributed by atoms with van der Waals surface area (Å²) in [5, 5.41) is 0.318. The number of benzene rings is 1. The van der Waals surface area contributed by atoms with Gasteiger partial charge in [-0.15, -0.1) is 0 Å². The van der Waals surface area contributed by atoms with Gasteiger partial charge in [0.15, 0.2) is 0 Å². The maximum Gasteiger partial charge on any atom is 0.328 e. The first-order valence-electron chi connectivity index (χ1n) is 3.96. The van der Waals surface area contributed by atoms with E-state index in [-0.39, 0.29) is 5.09 Å². The first-order valence-corrected chi connectivity index (χ1v) is 5.40. The van der Waals surface area contributed by atoms with Crippen molar-refractivity contribution in [3.63, 3.8) is 0 Å². The Morgan fingerprint density at radius 3 is 2.50 bits per heavy atom. The van der Waals surface area contributed by atoms with Crippen LogP contribution in [0, 0.1) is 6.92 Å². The van der Waals surface area contributed by atoms with Crippen molar-refractivity contribution >= 4 is 21.1 Å².